The lowest BCUT2D eigenvalue weighted by Gasteiger charge is -2.10. The van der Waals surface area contributed by atoms with E-state index in [9.17, 15) is 0 Å². The van der Waals surface area contributed by atoms with E-state index in [1.807, 2.05) is 0 Å². The van der Waals surface area contributed by atoms with Gasteiger partial charge in [0.1, 0.15) is 0 Å². The largest absolute Gasteiger partial charge is 0.0622 e. The molecule has 0 bridgehead atoms. The Balaban J connectivity index is 1.87. The van der Waals surface area contributed by atoms with Crippen LogP contribution in [-0.4, -0.2) is 0 Å². The predicted molar refractivity (Wildman–Crippen MR) is 104 cm³/mol. The Labute approximate surface area is 143 Å². The SMILES string of the molecule is CCc1cc(-c2ccccc2)cc(-c2ccc3ccccc3c2)c1. The Morgan fingerprint density at radius 3 is 1.92 bits per heavy atom. The molecular formula is C24H20. The quantitative estimate of drug-likeness (QED) is 0.393. The molecule has 0 atom stereocenters. The molecule has 0 heteroatoms. The van der Waals surface area contributed by atoms with Crippen LogP contribution in [0.15, 0.2) is 91.0 Å². The van der Waals surface area contributed by atoms with E-state index in [0.717, 1.165) is 6.42 Å². The van der Waals surface area contributed by atoms with Gasteiger partial charge in [0.05, 0.1) is 0 Å². The summed E-state index contributed by atoms with van der Waals surface area (Å²) < 4.78 is 0. The van der Waals surface area contributed by atoms with Crippen LogP contribution in [0, 0.1) is 0 Å². The van der Waals surface area contributed by atoms with Gasteiger partial charge in [-0.05, 0) is 57.1 Å². The van der Waals surface area contributed by atoms with Crippen molar-refractivity contribution in [2.45, 2.75) is 13.3 Å². The zero-order chi connectivity index (χ0) is 16.4. The van der Waals surface area contributed by atoms with Crippen LogP contribution in [0.1, 0.15) is 12.5 Å². The molecule has 116 valence electrons. The summed E-state index contributed by atoms with van der Waals surface area (Å²) in [6.45, 7) is 2.22. The molecule has 0 amide bonds. The van der Waals surface area contributed by atoms with E-state index in [0.29, 0.717) is 0 Å². The van der Waals surface area contributed by atoms with Crippen molar-refractivity contribution in [1.29, 1.82) is 0 Å². The Kier molecular flexibility index (Phi) is 3.88. The third kappa shape index (κ3) is 2.83. The number of hydrogen-bond donors (Lipinski definition) is 0. The van der Waals surface area contributed by atoms with Crippen molar-refractivity contribution in [2.24, 2.45) is 0 Å². The lowest BCUT2D eigenvalue weighted by Crippen LogP contribution is -1.87. The molecule has 0 spiro atoms. The third-order valence-electron chi connectivity index (χ3n) is 4.59. The monoisotopic (exact) mass is 308 g/mol. The molecule has 0 saturated heterocycles. The van der Waals surface area contributed by atoms with Crippen molar-refractivity contribution >= 4 is 10.8 Å². The first-order chi connectivity index (χ1) is 11.8. The molecule has 0 saturated carbocycles. The molecular weight excluding hydrogens is 288 g/mol. The number of hydrogen-bond acceptors (Lipinski definition) is 0. The van der Waals surface area contributed by atoms with Crippen LogP contribution in [-0.2, 0) is 6.42 Å². The maximum absolute atomic E-state index is 2.32. The Bertz CT molecular complexity index is 981. The summed E-state index contributed by atoms with van der Waals surface area (Å²) in [5, 5.41) is 2.58. The maximum Gasteiger partial charge on any atom is -0.0175 e. The van der Waals surface area contributed by atoms with E-state index in [-0.39, 0.29) is 0 Å². The van der Waals surface area contributed by atoms with E-state index in [2.05, 4.69) is 97.9 Å². The van der Waals surface area contributed by atoms with E-state index in [1.54, 1.807) is 0 Å². The minimum Gasteiger partial charge on any atom is -0.0622 e. The molecule has 0 unspecified atom stereocenters. The van der Waals surface area contributed by atoms with Crippen molar-refractivity contribution in [3.63, 3.8) is 0 Å². The molecule has 4 rings (SSSR count). The van der Waals surface area contributed by atoms with Gasteiger partial charge in [0.25, 0.3) is 0 Å². The molecule has 4 aromatic rings. The first kappa shape index (κ1) is 14.7. The van der Waals surface area contributed by atoms with Crippen LogP contribution in [0.3, 0.4) is 0 Å². The summed E-state index contributed by atoms with van der Waals surface area (Å²) >= 11 is 0. The fourth-order valence-electron chi connectivity index (χ4n) is 3.23. The first-order valence-electron chi connectivity index (χ1n) is 8.52. The molecule has 0 aliphatic heterocycles. The molecule has 0 aliphatic carbocycles. The molecule has 0 nitrogen and oxygen atoms in total. The Hall–Kier alpha value is -2.86. The molecule has 0 aromatic heterocycles. The van der Waals surface area contributed by atoms with Crippen LogP contribution in [0.4, 0.5) is 0 Å². The van der Waals surface area contributed by atoms with E-state index in [1.165, 1.54) is 38.6 Å². The predicted octanol–water partition coefficient (Wildman–Crippen LogP) is 6.74. The van der Waals surface area contributed by atoms with Crippen molar-refractivity contribution in [3.8, 4) is 22.3 Å². The lowest BCUT2D eigenvalue weighted by atomic mass is 9.94. The average Bonchev–Trinajstić information content (AvgIpc) is 2.68. The minimum absolute atomic E-state index is 1.04. The maximum atomic E-state index is 2.32. The van der Waals surface area contributed by atoms with E-state index < -0.39 is 0 Å². The van der Waals surface area contributed by atoms with Gasteiger partial charge in [-0.1, -0.05) is 85.8 Å². The highest BCUT2D eigenvalue weighted by Crippen LogP contribution is 2.30. The number of fused-ring (bicyclic) bond motifs is 1. The van der Waals surface area contributed by atoms with Gasteiger partial charge in [0.15, 0.2) is 0 Å². The van der Waals surface area contributed by atoms with Crippen molar-refractivity contribution < 1.29 is 0 Å². The van der Waals surface area contributed by atoms with Crippen LogP contribution < -0.4 is 0 Å². The van der Waals surface area contributed by atoms with Gasteiger partial charge in [-0.3, -0.25) is 0 Å². The molecule has 0 aliphatic rings. The second-order valence-corrected chi connectivity index (χ2v) is 6.20. The Morgan fingerprint density at radius 2 is 1.17 bits per heavy atom. The lowest BCUT2D eigenvalue weighted by molar-refractivity contribution is 1.14. The molecule has 4 aromatic carbocycles. The van der Waals surface area contributed by atoms with Gasteiger partial charge in [-0.2, -0.15) is 0 Å². The van der Waals surface area contributed by atoms with Crippen molar-refractivity contribution in [2.75, 3.05) is 0 Å². The summed E-state index contributed by atoms with van der Waals surface area (Å²) in [6, 6.07) is 32.8. The summed E-state index contributed by atoms with van der Waals surface area (Å²) in [5.74, 6) is 0. The number of aryl methyl sites for hydroxylation is 1. The van der Waals surface area contributed by atoms with Gasteiger partial charge in [-0.15, -0.1) is 0 Å². The normalized spacial score (nSPS) is 10.9. The zero-order valence-electron chi connectivity index (χ0n) is 13.9. The highest BCUT2D eigenvalue weighted by atomic mass is 14.1. The van der Waals surface area contributed by atoms with E-state index >= 15 is 0 Å². The van der Waals surface area contributed by atoms with Gasteiger partial charge in [-0.25, -0.2) is 0 Å². The number of benzene rings is 4. The second kappa shape index (κ2) is 6.33. The number of rotatable bonds is 3. The average molecular weight is 308 g/mol. The molecule has 0 fully saturated rings. The van der Waals surface area contributed by atoms with Crippen LogP contribution in [0.2, 0.25) is 0 Å². The van der Waals surface area contributed by atoms with Gasteiger partial charge >= 0.3 is 0 Å². The summed E-state index contributed by atoms with van der Waals surface area (Å²) in [7, 11) is 0. The molecule has 24 heavy (non-hydrogen) atoms. The first-order valence-corrected chi connectivity index (χ1v) is 8.52. The van der Waals surface area contributed by atoms with E-state index in [4.69, 9.17) is 0 Å². The van der Waals surface area contributed by atoms with Crippen LogP contribution in [0.25, 0.3) is 33.0 Å². The summed E-state index contributed by atoms with van der Waals surface area (Å²) in [4.78, 5) is 0. The fraction of sp³-hybridized carbons (Fsp3) is 0.0833. The Morgan fingerprint density at radius 1 is 0.500 bits per heavy atom. The topological polar surface area (TPSA) is 0 Å². The van der Waals surface area contributed by atoms with Crippen LogP contribution in [0.5, 0.6) is 0 Å². The van der Waals surface area contributed by atoms with Crippen LogP contribution >= 0.6 is 0 Å². The molecule has 0 N–H and O–H groups in total. The fourth-order valence-corrected chi connectivity index (χ4v) is 3.23. The van der Waals surface area contributed by atoms with Gasteiger partial charge in [0, 0.05) is 0 Å². The van der Waals surface area contributed by atoms with Gasteiger partial charge < -0.3 is 0 Å². The van der Waals surface area contributed by atoms with Crippen molar-refractivity contribution in [3.05, 3.63) is 96.6 Å². The third-order valence-corrected chi connectivity index (χ3v) is 4.59. The summed E-state index contributed by atoms with van der Waals surface area (Å²) in [6.07, 6.45) is 1.04. The standard InChI is InChI=1S/C24H20/c1-2-18-14-23(19-8-4-3-5-9-19)17-24(15-18)22-13-12-20-10-6-7-11-21(20)16-22/h3-17H,2H2,1H3. The smallest absolute Gasteiger partial charge is 0.0175 e. The minimum atomic E-state index is 1.04. The molecule has 0 heterocycles. The van der Waals surface area contributed by atoms with Crippen molar-refractivity contribution in [1.82, 2.24) is 0 Å². The van der Waals surface area contributed by atoms with Gasteiger partial charge in [0.2, 0.25) is 0 Å². The zero-order valence-corrected chi connectivity index (χ0v) is 13.9. The highest BCUT2D eigenvalue weighted by molar-refractivity contribution is 5.88. The summed E-state index contributed by atoms with van der Waals surface area (Å²) in [5.41, 5.74) is 6.51. The highest BCUT2D eigenvalue weighted by Gasteiger charge is 2.05. The molecule has 0 radical (unpaired) electrons. The second-order valence-electron chi connectivity index (χ2n) is 6.20.